The van der Waals surface area contributed by atoms with Gasteiger partial charge in [-0.2, -0.15) is 0 Å². The highest BCUT2D eigenvalue weighted by atomic mass is 32.2. The van der Waals surface area contributed by atoms with Crippen LogP contribution >= 0.6 is 11.8 Å². The van der Waals surface area contributed by atoms with E-state index >= 15 is 0 Å². The largest absolute Gasteiger partial charge is 0.497 e. The number of rotatable bonds is 6. The predicted octanol–water partition coefficient (Wildman–Crippen LogP) is 5.01. The van der Waals surface area contributed by atoms with Gasteiger partial charge >= 0.3 is 0 Å². The van der Waals surface area contributed by atoms with Gasteiger partial charge in [0.05, 0.1) is 12.4 Å². The first-order valence-electron chi connectivity index (χ1n) is 11.3. The first kappa shape index (κ1) is 22.2. The minimum absolute atomic E-state index is 0.119. The molecule has 4 aromatic rings. The minimum Gasteiger partial charge on any atom is -0.497 e. The molecule has 1 atom stereocenters. The van der Waals surface area contributed by atoms with Gasteiger partial charge in [-0.25, -0.2) is 0 Å². The number of fused-ring (bicyclic) bond motifs is 1. The monoisotopic (exact) mass is 470 g/mol. The van der Waals surface area contributed by atoms with E-state index in [-0.39, 0.29) is 11.2 Å². The van der Waals surface area contributed by atoms with Crippen LogP contribution in [-0.4, -0.2) is 44.5 Å². The fraction of sp³-hybridized carbons (Fsp3) is 0.222. The van der Waals surface area contributed by atoms with Crippen LogP contribution in [0.1, 0.15) is 18.1 Å². The molecule has 0 N–H and O–H groups in total. The van der Waals surface area contributed by atoms with Crippen LogP contribution in [-0.2, 0) is 17.8 Å². The Bertz CT molecular complexity index is 1290. The number of aromatic nitrogens is 3. The molecule has 1 aromatic heterocycles. The van der Waals surface area contributed by atoms with Gasteiger partial charge in [0.15, 0.2) is 11.0 Å². The molecule has 7 heteroatoms. The zero-order valence-corrected chi connectivity index (χ0v) is 20.0. The number of hydrogen-bond donors (Lipinski definition) is 0. The Kier molecular flexibility index (Phi) is 6.36. The van der Waals surface area contributed by atoms with Crippen LogP contribution in [0.5, 0.6) is 5.75 Å². The van der Waals surface area contributed by atoms with Crippen LogP contribution in [0.15, 0.2) is 84.0 Å². The molecule has 6 nitrogen and oxygen atoms in total. The first-order chi connectivity index (χ1) is 16.6. The molecule has 2 heterocycles. The number of ether oxygens (including phenoxy) is 1. The number of hydrogen-bond acceptors (Lipinski definition) is 5. The number of para-hydroxylation sites is 1. The maximum Gasteiger partial charge on any atom is 0.236 e. The van der Waals surface area contributed by atoms with Gasteiger partial charge in [-0.05, 0) is 60.9 Å². The van der Waals surface area contributed by atoms with Gasteiger partial charge < -0.3 is 9.64 Å². The average molecular weight is 471 g/mol. The Balaban J connectivity index is 1.42. The Labute approximate surface area is 203 Å². The molecule has 0 aliphatic carbocycles. The highest BCUT2D eigenvalue weighted by molar-refractivity contribution is 8.00. The summed E-state index contributed by atoms with van der Waals surface area (Å²) in [5.41, 5.74) is 4.44. The molecule has 0 bridgehead atoms. The average Bonchev–Trinajstić information content (AvgIpc) is 3.31. The summed E-state index contributed by atoms with van der Waals surface area (Å²) in [5.74, 6) is 1.63. The summed E-state index contributed by atoms with van der Waals surface area (Å²) in [6.45, 7) is 3.34. The van der Waals surface area contributed by atoms with Crippen molar-refractivity contribution in [3.8, 4) is 22.8 Å². The quantitative estimate of drug-likeness (QED) is 0.371. The van der Waals surface area contributed by atoms with Crippen LogP contribution < -0.4 is 4.74 Å². The molecule has 0 radical (unpaired) electrons. The standard InChI is InChI=1S/C27H26N4O2S/c1-19(26(32)30-17-16-20-8-6-7-9-22(20)18-30)34-27-29-28-25(21-12-14-24(33-2)15-13-21)31(27)23-10-4-3-5-11-23/h3-15,19H,16-18H2,1-2H3. The highest BCUT2D eigenvalue weighted by Gasteiger charge is 2.27. The molecule has 1 aliphatic heterocycles. The topological polar surface area (TPSA) is 60.3 Å². The van der Waals surface area contributed by atoms with Crippen molar-refractivity contribution in [1.82, 2.24) is 19.7 Å². The van der Waals surface area contributed by atoms with Crippen molar-refractivity contribution in [1.29, 1.82) is 0 Å². The normalized spacial score (nSPS) is 13.9. The van der Waals surface area contributed by atoms with E-state index in [2.05, 4.69) is 28.4 Å². The molecular formula is C27H26N4O2S. The van der Waals surface area contributed by atoms with Gasteiger partial charge in [0.1, 0.15) is 5.75 Å². The van der Waals surface area contributed by atoms with E-state index in [4.69, 9.17) is 4.74 Å². The number of carbonyl (C=O) groups excluding carboxylic acids is 1. The predicted molar refractivity (Wildman–Crippen MR) is 134 cm³/mol. The Hall–Kier alpha value is -3.58. The van der Waals surface area contributed by atoms with E-state index in [9.17, 15) is 4.79 Å². The van der Waals surface area contributed by atoms with Crippen molar-refractivity contribution in [3.05, 3.63) is 90.0 Å². The second kappa shape index (κ2) is 9.73. The van der Waals surface area contributed by atoms with Gasteiger partial charge in [0.2, 0.25) is 5.91 Å². The van der Waals surface area contributed by atoms with Gasteiger partial charge in [-0.15, -0.1) is 10.2 Å². The molecule has 1 amide bonds. The van der Waals surface area contributed by atoms with Crippen molar-refractivity contribution in [2.75, 3.05) is 13.7 Å². The molecule has 0 saturated carbocycles. The van der Waals surface area contributed by atoms with E-state index in [1.165, 1.54) is 22.9 Å². The third kappa shape index (κ3) is 4.43. The summed E-state index contributed by atoms with van der Waals surface area (Å²) in [7, 11) is 1.65. The zero-order valence-electron chi connectivity index (χ0n) is 19.2. The molecule has 5 rings (SSSR count). The molecule has 0 spiro atoms. The Morgan fingerprint density at radius 2 is 1.65 bits per heavy atom. The summed E-state index contributed by atoms with van der Waals surface area (Å²) in [6, 6.07) is 26.1. The third-order valence-corrected chi connectivity index (χ3v) is 7.10. The first-order valence-corrected chi connectivity index (χ1v) is 12.2. The number of nitrogens with zero attached hydrogens (tertiary/aromatic N) is 4. The molecular weight excluding hydrogens is 444 g/mol. The molecule has 0 fully saturated rings. The van der Waals surface area contributed by atoms with Gasteiger partial charge in [0.25, 0.3) is 0 Å². The Morgan fingerprint density at radius 1 is 0.941 bits per heavy atom. The van der Waals surface area contributed by atoms with E-state index in [0.29, 0.717) is 11.7 Å². The smallest absolute Gasteiger partial charge is 0.236 e. The van der Waals surface area contributed by atoms with Crippen molar-refractivity contribution in [3.63, 3.8) is 0 Å². The second-order valence-corrected chi connectivity index (χ2v) is 9.55. The molecule has 3 aromatic carbocycles. The summed E-state index contributed by atoms with van der Waals surface area (Å²) >= 11 is 1.44. The Morgan fingerprint density at radius 3 is 2.38 bits per heavy atom. The van der Waals surface area contributed by atoms with Gasteiger partial charge in [-0.3, -0.25) is 9.36 Å². The van der Waals surface area contributed by atoms with Crippen molar-refractivity contribution < 1.29 is 9.53 Å². The second-order valence-electron chi connectivity index (χ2n) is 8.24. The SMILES string of the molecule is COc1ccc(-c2nnc(SC(C)C(=O)N3CCc4ccccc4C3)n2-c2ccccc2)cc1. The minimum atomic E-state index is -0.291. The third-order valence-electron chi connectivity index (χ3n) is 6.07. The molecule has 1 aliphatic rings. The molecule has 172 valence electrons. The maximum atomic E-state index is 13.3. The van der Waals surface area contributed by atoms with Crippen LogP contribution in [0.4, 0.5) is 0 Å². The van der Waals surface area contributed by atoms with Crippen molar-refractivity contribution in [2.24, 2.45) is 0 Å². The number of methoxy groups -OCH3 is 1. The van der Waals surface area contributed by atoms with E-state index in [1.807, 2.05) is 77.1 Å². The van der Waals surface area contributed by atoms with Crippen LogP contribution in [0.3, 0.4) is 0 Å². The van der Waals surface area contributed by atoms with E-state index in [0.717, 1.165) is 35.8 Å². The summed E-state index contributed by atoms with van der Waals surface area (Å²) in [4.78, 5) is 15.3. The number of amides is 1. The molecule has 34 heavy (non-hydrogen) atoms. The van der Waals surface area contributed by atoms with Crippen molar-refractivity contribution >= 4 is 17.7 Å². The summed E-state index contributed by atoms with van der Waals surface area (Å²) in [5, 5.41) is 9.39. The van der Waals surface area contributed by atoms with E-state index in [1.54, 1.807) is 7.11 Å². The fourth-order valence-corrected chi connectivity index (χ4v) is 5.18. The number of benzene rings is 3. The molecule has 1 unspecified atom stereocenters. The molecule has 0 saturated heterocycles. The van der Waals surface area contributed by atoms with Crippen molar-refractivity contribution in [2.45, 2.75) is 30.3 Å². The number of thioether (sulfide) groups is 1. The van der Waals surface area contributed by atoms with Gasteiger partial charge in [-0.1, -0.05) is 54.2 Å². The van der Waals surface area contributed by atoms with Crippen LogP contribution in [0, 0.1) is 0 Å². The lowest BCUT2D eigenvalue weighted by molar-refractivity contribution is -0.131. The lowest BCUT2D eigenvalue weighted by Crippen LogP contribution is -2.40. The summed E-state index contributed by atoms with van der Waals surface area (Å²) < 4.78 is 7.31. The maximum absolute atomic E-state index is 13.3. The van der Waals surface area contributed by atoms with Gasteiger partial charge in [0, 0.05) is 24.3 Å². The lowest BCUT2D eigenvalue weighted by Gasteiger charge is -2.30. The van der Waals surface area contributed by atoms with Crippen LogP contribution in [0.2, 0.25) is 0 Å². The lowest BCUT2D eigenvalue weighted by atomic mass is 10.00. The van der Waals surface area contributed by atoms with Crippen LogP contribution in [0.25, 0.3) is 17.1 Å². The zero-order chi connectivity index (χ0) is 23.5. The number of carbonyl (C=O) groups is 1. The highest BCUT2D eigenvalue weighted by Crippen LogP contribution is 2.32. The van der Waals surface area contributed by atoms with E-state index < -0.39 is 0 Å². The summed E-state index contributed by atoms with van der Waals surface area (Å²) in [6.07, 6.45) is 0.890. The fourth-order valence-electron chi connectivity index (χ4n) is 4.23.